The van der Waals surface area contributed by atoms with E-state index in [-0.39, 0.29) is 22.5 Å². The zero-order valence-electron chi connectivity index (χ0n) is 13.8. The van der Waals surface area contributed by atoms with Gasteiger partial charge in [-0.1, -0.05) is 17.7 Å². The molecule has 7 nitrogen and oxygen atoms in total. The van der Waals surface area contributed by atoms with E-state index in [0.717, 1.165) is 0 Å². The lowest BCUT2D eigenvalue weighted by molar-refractivity contribution is -0.431. The van der Waals surface area contributed by atoms with Crippen molar-refractivity contribution >= 4 is 17.6 Å². The monoisotopic (exact) mass is 351 g/mol. The highest BCUT2D eigenvalue weighted by Crippen LogP contribution is 2.38. The van der Waals surface area contributed by atoms with Crippen LogP contribution in [0.5, 0.6) is 0 Å². The van der Waals surface area contributed by atoms with E-state index in [1.54, 1.807) is 45.9 Å². The number of allylic oxidation sites excluding steroid dienone is 3. The highest BCUT2D eigenvalue weighted by molar-refractivity contribution is 6.29. The minimum absolute atomic E-state index is 0.147. The lowest BCUT2D eigenvalue weighted by Gasteiger charge is -2.26. The SMILES string of the molecule is CC1=C(C(=O)OC(C)C)C(c2cccc(Cl)n2)C([N+](=O)[O-])=C(C)N1. The molecule has 0 aromatic carbocycles. The first-order valence-electron chi connectivity index (χ1n) is 7.38. The van der Waals surface area contributed by atoms with E-state index in [1.807, 2.05) is 0 Å². The molecule has 1 aromatic heterocycles. The summed E-state index contributed by atoms with van der Waals surface area (Å²) in [6.07, 6.45) is -0.350. The first kappa shape index (κ1) is 17.9. The highest BCUT2D eigenvalue weighted by Gasteiger charge is 2.42. The van der Waals surface area contributed by atoms with Gasteiger partial charge in [-0.2, -0.15) is 0 Å². The van der Waals surface area contributed by atoms with Gasteiger partial charge < -0.3 is 10.1 Å². The quantitative estimate of drug-likeness (QED) is 0.387. The molecule has 128 valence electrons. The summed E-state index contributed by atoms with van der Waals surface area (Å²) in [4.78, 5) is 27.8. The summed E-state index contributed by atoms with van der Waals surface area (Å²) in [5, 5.41) is 14.7. The Morgan fingerprint density at radius 2 is 2.04 bits per heavy atom. The van der Waals surface area contributed by atoms with Gasteiger partial charge in [0, 0.05) is 5.70 Å². The van der Waals surface area contributed by atoms with Gasteiger partial charge in [0.25, 0.3) is 5.70 Å². The number of carbonyl (C=O) groups is 1. The number of rotatable bonds is 4. The van der Waals surface area contributed by atoms with Crippen molar-refractivity contribution in [1.82, 2.24) is 10.3 Å². The largest absolute Gasteiger partial charge is 0.460 e. The fourth-order valence-electron chi connectivity index (χ4n) is 2.65. The number of nitro groups is 1. The maximum absolute atomic E-state index is 12.5. The average molecular weight is 352 g/mol. The Hall–Kier alpha value is -2.41. The number of aromatic nitrogens is 1. The second-order valence-electron chi connectivity index (χ2n) is 5.70. The second-order valence-corrected chi connectivity index (χ2v) is 6.09. The number of hydrogen-bond donors (Lipinski definition) is 1. The number of carbonyl (C=O) groups excluding carboxylic acids is 1. The third kappa shape index (κ3) is 3.56. The fraction of sp³-hybridized carbons (Fsp3) is 0.375. The molecular formula is C16H18ClN3O4. The lowest BCUT2D eigenvalue weighted by Crippen LogP contribution is -2.32. The summed E-state index contributed by atoms with van der Waals surface area (Å²) in [6, 6.07) is 4.81. The van der Waals surface area contributed by atoms with Crippen molar-refractivity contribution in [3.63, 3.8) is 0 Å². The van der Waals surface area contributed by atoms with Gasteiger partial charge in [-0.15, -0.1) is 0 Å². The normalized spacial score (nSPS) is 17.8. The van der Waals surface area contributed by atoms with Gasteiger partial charge in [0.2, 0.25) is 0 Å². The number of nitrogens with one attached hydrogen (secondary N) is 1. The molecule has 8 heteroatoms. The van der Waals surface area contributed by atoms with Crippen LogP contribution < -0.4 is 5.32 Å². The van der Waals surface area contributed by atoms with Crippen molar-refractivity contribution in [3.8, 4) is 0 Å². The Labute approximate surface area is 144 Å². The average Bonchev–Trinajstić information content (AvgIpc) is 2.44. The Morgan fingerprint density at radius 1 is 1.38 bits per heavy atom. The molecule has 0 radical (unpaired) electrons. The van der Waals surface area contributed by atoms with E-state index in [9.17, 15) is 14.9 Å². The summed E-state index contributed by atoms with van der Waals surface area (Å²) in [7, 11) is 0. The molecule has 1 aliphatic rings. The molecule has 0 fully saturated rings. The van der Waals surface area contributed by atoms with Gasteiger partial charge in [0.05, 0.1) is 28.0 Å². The maximum atomic E-state index is 12.5. The van der Waals surface area contributed by atoms with Crippen LogP contribution >= 0.6 is 11.6 Å². The lowest BCUT2D eigenvalue weighted by atomic mass is 9.87. The number of esters is 1. The molecule has 1 unspecified atom stereocenters. The molecular weight excluding hydrogens is 334 g/mol. The zero-order chi connectivity index (χ0) is 18.0. The van der Waals surface area contributed by atoms with E-state index in [0.29, 0.717) is 17.1 Å². The molecule has 2 heterocycles. The van der Waals surface area contributed by atoms with Crippen molar-refractivity contribution in [2.45, 2.75) is 39.7 Å². The van der Waals surface area contributed by atoms with Crippen molar-refractivity contribution in [1.29, 1.82) is 0 Å². The predicted molar refractivity (Wildman–Crippen MR) is 88.7 cm³/mol. The molecule has 0 bridgehead atoms. The molecule has 1 atom stereocenters. The second kappa shape index (κ2) is 7.00. The van der Waals surface area contributed by atoms with Crippen molar-refractivity contribution < 1.29 is 14.5 Å². The predicted octanol–water partition coefficient (Wildman–Crippen LogP) is 3.16. The van der Waals surface area contributed by atoms with Crippen LogP contribution in [0.15, 0.2) is 40.9 Å². The highest BCUT2D eigenvalue weighted by atomic mass is 35.5. The van der Waals surface area contributed by atoms with E-state index in [1.165, 1.54) is 0 Å². The summed E-state index contributed by atoms with van der Waals surface area (Å²) in [5.74, 6) is -1.57. The molecule has 24 heavy (non-hydrogen) atoms. The molecule has 0 saturated carbocycles. The third-order valence-electron chi connectivity index (χ3n) is 3.52. The molecule has 0 saturated heterocycles. The van der Waals surface area contributed by atoms with Crippen LogP contribution in [0.3, 0.4) is 0 Å². The Bertz CT molecular complexity index is 755. The Kier molecular flexibility index (Phi) is 5.23. The van der Waals surface area contributed by atoms with E-state index >= 15 is 0 Å². The Balaban J connectivity index is 2.64. The van der Waals surface area contributed by atoms with Gasteiger partial charge in [-0.05, 0) is 39.8 Å². The maximum Gasteiger partial charge on any atom is 0.337 e. The molecule has 2 rings (SSSR count). The van der Waals surface area contributed by atoms with Crippen molar-refractivity contribution in [2.75, 3.05) is 0 Å². The standard InChI is InChI=1S/C16H18ClN3O4/c1-8(2)24-16(21)13-9(3)18-10(4)15(20(22)23)14(13)11-6-5-7-12(17)19-11/h5-8,14,18H,1-4H3. The van der Waals surface area contributed by atoms with Gasteiger partial charge in [-0.25, -0.2) is 9.78 Å². The van der Waals surface area contributed by atoms with Crippen LogP contribution in [0.2, 0.25) is 5.15 Å². The van der Waals surface area contributed by atoms with Crippen LogP contribution in [0.4, 0.5) is 0 Å². The molecule has 1 aliphatic heterocycles. The van der Waals surface area contributed by atoms with Gasteiger partial charge in [0.1, 0.15) is 11.1 Å². The molecule has 0 amide bonds. The van der Waals surface area contributed by atoms with E-state index < -0.39 is 16.8 Å². The number of dihydropyridines is 1. The van der Waals surface area contributed by atoms with Crippen LogP contribution in [-0.4, -0.2) is 22.0 Å². The first-order chi connectivity index (χ1) is 11.2. The van der Waals surface area contributed by atoms with Gasteiger partial charge in [0.15, 0.2) is 0 Å². The minimum Gasteiger partial charge on any atom is -0.460 e. The number of hydrogen-bond acceptors (Lipinski definition) is 6. The molecule has 0 spiro atoms. The van der Waals surface area contributed by atoms with Crippen LogP contribution in [0.1, 0.15) is 39.3 Å². The molecule has 1 aromatic rings. The Morgan fingerprint density at radius 3 is 2.58 bits per heavy atom. The van der Waals surface area contributed by atoms with Crippen LogP contribution in [0, 0.1) is 10.1 Å². The molecule has 1 N–H and O–H groups in total. The number of pyridine rings is 1. The smallest absolute Gasteiger partial charge is 0.337 e. The molecule has 0 aliphatic carbocycles. The third-order valence-corrected chi connectivity index (χ3v) is 3.73. The fourth-order valence-corrected chi connectivity index (χ4v) is 2.82. The number of ether oxygens (including phenoxy) is 1. The van der Waals surface area contributed by atoms with Gasteiger partial charge >= 0.3 is 5.97 Å². The topological polar surface area (TPSA) is 94.4 Å². The zero-order valence-corrected chi connectivity index (χ0v) is 14.5. The number of nitrogens with zero attached hydrogens (tertiary/aromatic N) is 2. The number of halogens is 1. The van der Waals surface area contributed by atoms with E-state index in [4.69, 9.17) is 16.3 Å². The van der Waals surface area contributed by atoms with Crippen LogP contribution in [0.25, 0.3) is 0 Å². The summed E-state index contributed by atoms with van der Waals surface area (Å²) in [5.41, 5.74) is 1.19. The summed E-state index contributed by atoms with van der Waals surface area (Å²) < 4.78 is 5.26. The van der Waals surface area contributed by atoms with Gasteiger partial charge in [-0.3, -0.25) is 10.1 Å². The minimum atomic E-state index is -0.953. The van der Waals surface area contributed by atoms with E-state index in [2.05, 4.69) is 10.3 Å². The summed E-state index contributed by atoms with van der Waals surface area (Å²) in [6.45, 7) is 6.69. The van der Waals surface area contributed by atoms with Crippen molar-refractivity contribution in [3.05, 3.63) is 61.8 Å². The summed E-state index contributed by atoms with van der Waals surface area (Å²) >= 11 is 5.93. The first-order valence-corrected chi connectivity index (χ1v) is 7.76. The van der Waals surface area contributed by atoms with Crippen LogP contribution in [-0.2, 0) is 9.53 Å². The van der Waals surface area contributed by atoms with Crippen molar-refractivity contribution in [2.24, 2.45) is 0 Å².